The molecule has 0 saturated carbocycles. The molecule has 1 fully saturated rings. The highest BCUT2D eigenvalue weighted by Gasteiger charge is 2.25. The van der Waals surface area contributed by atoms with E-state index in [4.69, 9.17) is 20.8 Å². The molecule has 0 aromatic carbocycles. The van der Waals surface area contributed by atoms with E-state index in [1.807, 2.05) is 12.1 Å². The highest BCUT2D eigenvalue weighted by molar-refractivity contribution is 6.30. The third kappa shape index (κ3) is 3.49. The third-order valence-corrected chi connectivity index (χ3v) is 3.76. The fourth-order valence-electron chi connectivity index (χ4n) is 2.51. The molecule has 1 N–H and O–H groups in total. The van der Waals surface area contributed by atoms with Gasteiger partial charge in [0.05, 0.1) is 23.9 Å². The largest absolute Gasteiger partial charge is 0.467 e. The lowest BCUT2D eigenvalue weighted by molar-refractivity contribution is 0.0487. The number of carbonyl (C=O) groups is 1. The molecule has 5 nitrogen and oxygen atoms in total. The first-order valence-electron chi connectivity index (χ1n) is 6.99. The second kappa shape index (κ2) is 6.37. The zero-order chi connectivity index (χ0) is 14.7. The molecule has 0 radical (unpaired) electrons. The molecule has 0 bridgehead atoms. The van der Waals surface area contributed by atoms with Crippen molar-refractivity contribution in [3.63, 3.8) is 0 Å². The Morgan fingerprint density at radius 3 is 3.05 bits per heavy atom. The molecule has 0 spiro atoms. The molecule has 0 unspecified atom stereocenters. The van der Waals surface area contributed by atoms with Crippen molar-refractivity contribution in [1.29, 1.82) is 0 Å². The lowest BCUT2D eigenvalue weighted by Crippen LogP contribution is -2.37. The number of H-pyrrole nitrogens is 1. The molecule has 3 rings (SSSR count). The van der Waals surface area contributed by atoms with Crippen LogP contribution in [0.4, 0.5) is 0 Å². The summed E-state index contributed by atoms with van der Waals surface area (Å²) in [6.45, 7) is 1.74. The average Bonchev–Trinajstić information content (AvgIpc) is 3.19. The number of halogens is 1. The van der Waals surface area contributed by atoms with E-state index < -0.39 is 0 Å². The van der Waals surface area contributed by atoms with Crippen molar-refractivity contribution >= 4 is 17.5 Å². The van der Waals surface area contributed by atoms with Crippen LogP contribution in [0.5, 0.6) is 0 Å². The van der Waals surface area contributed by atoms with Crippen molar-refractivity contribution < 1.29 is 13.9 Å². The van der Waals surface area contributed by atoms with E-state index in [2.05, 4.69) is 4.98 Å². The zero-order valence-corrected chi connectivity index (χ0v) is 12.3. The Morgan fingerprint density at radius 1 is 1.52 bits per heavy atom. The van der Waals surface area contributed by atoms with Crippen LogP contribution in [0.3, 0.4) is 0 Å². The van der Waals surface area contributed by atoms with Crippen LogP contribution in [0.15, 0.2) is 35.1 Å². The molecule has 1 saturated heterocycles. The maximum atomic E-state index is 12.6. The molecular weight excluding hydrogens is 292 g/mol. The topological polar surface area (TPSA) is 58.5 Å². The summed E-state index contributed by atoms with van der Waals surface area (Å²) in [7, 11) is 0. The lowest BCUT2D eigenvalue weighted by atomic mass is 10.2. The van der Waals surface area contributed by atoms with Gasteiger partial charge in [-0.25, -0.2) is 0 Å². The van der Waals surface area contributed by atoms with Crippen LogP contribution in [-0.2, 0) is 11.3 Å². The van der Waals surface area contributed by atoms with Crippen LogP contribution in [0.1, 0.15) is 29.1 Å². The first-order chi connectivity index (χ1) is 10.2. The van der Waals surface area contributed by atoms with E-state index in [0.29, 0.717) is 23.8 Å². The van der Waals surface area contributed by atoms with Gasteiger partial charge in [-0.15, -0.1) is 0 Å². The zero-order valence-electron chi connectivity index (χ0n) is 11.5. The van der Waals surface area contributed by atoms with E-state index in [1.165, 1.54) is 0 Å². The van der Waals surface area contributed by atoms with E-state index >= 15 is 0 Å². The van der Waals surface area contributed by atoms with Crippen molar-refractivity contribution in [2.24, 2.45) is 0 Å². The summed E-state index contributed by atoms with van der Waals surface area (Å²) in [5, 5.41) is 0.522. The first kappa shape index (κ1) is 14.2. The summed E-state index contributed by atoms with van der Waals surface area (Å²) in [6.07, 6.45) is 5.32. The summed E-state index contributed by atoms with van der Waals surface area (Å²) >= 11 is 5.88. The number of ether oxygens (including phenoxy) is 1. The van der Waals surface area contributed by atoms with Crippen LogP contribution < -0.4 is 0 Å². The Balaban J connectivity index is 1.75. The average molecular weight is 309 g/mol. The normalized spacial score (nSPS) is 18.0. The van der Waals surface area contributed by atoms with E-state index in [-0.39, 0.29) is 12.0 Å². The van der Waals surface area contributed by atoms with Crippen molar-refractivity contribution in [1.82, 2.24) is 9.88 Å². The maximum absolute atomic E-state index is 12.6. The Hall–Kier alpha value is -1.72. The minimum Gasteiger partial charge on any atom is -0.467 e. The fourth-order valence-corrected chi connectivity index (χ4v) is 2.67. The van der Waals surface area contributed by atoms with E-state index in [1.54, 1.807) is 23.4 Å². The molecule has 0 aliphatic carbocycles. The van der Waals surface area contributed by atoms with Crippen molar-refractivity contribution in [3.05, 3.63) is 47.1 Å². The number of amides is 1. The molecule has 2 aromatic heterocycles. The number of carbonyl (C=O) groups excluding carboxylic acids is 1. The van der Waals surface area contributed by atoms with Crippen LogP contribution in [-0.4, -0.2) is 35.0 Å². The summed E-state index contributed by atoms with van der Waals surface area (Å²) in [5.74, 6) is 0.646. The number of aromatic amines is 1. The van der Waals surface area contributed by atoms with Gasteiger partial charge in [-0.2, -0.15) is 0 Å². The second-order valence-electron chi connectivity index (χ2n) is 5.13. The van der Waals surface area contributed by atoms with E-state index in [0.717, 1.165) is 25.2 Å². The van der Waals surface area contributed by atoms with Gasteiger partial charge in [0.2, 0.25) is 0 Å². The third-order valence-electron chi connectivity index (χ3n) is 3.54. The quantitative estimate of drug-likeness (QED) is 0.923. The minimum absolute atomic E-state index is 0.0920. The first-order valence-corrected chi connectivity index (χ1v) is 7.37. The Kier molecular flexibility index (Phi) is 4.31. The number of nitrogens with zero attached hydrogens (tertiary/aromatic N) is 1. The predicted octanol–water partition coefficient (Wildman–Crippen LogP) is 3.08. The van der Waals surface area contributed by atoms with Crippen LogP contribution >= 0.6 is 11.6 Å². The lowest BCUT2D eigenvalue weighted by Gasteiger charge is -2.24. The van der Waals surface area contributed by atoms with Crippen molar-refractivity contribution in [3.8, 4) is 0 Å². The van der Waals surface area contributed by atoms with Crippen LogP contribution in [0.2, 0.25) is 5.02 Å². The van der Waals surface area contributed by atoms with Gasteiger partial charge >= 0.3 is 0 Å². The SMILES string of the molecule is O=C(c1cc(Cl)c[nH]1)N(Cc1ccco1)C[C@H]1CCCO1. The summed E-state index contributed by atoms with van der Waals surface area (Å²) < 4.78 is 11.0. The molecule has 1 aliphatic rings. The molecule has 3 heterocycles. The standard InChI is InChI=1S/C15H17ClN2O3/c16-11-7-14(17-8-11)15(19)18(9-12-3-1-5-20-12)10-13-4-2-6-21-13/h1,3,5,7-8,13,17H,2,4,6,9-10H2/t13-/m1/s1. The Morgan fingerprint density at radius 2 is 2.43 bits per heavy atom. The number of nitrogens with one attached hydrogen (secondary N) is 1. The van der Waals surface area contributed by atoms with Crippen molar-refractivity contribution in [2.75, 3.05) is 13.2 Å². The second-order valence-corrected chi connectivity index (χ2v) is 5.57. The van der Waals surface area contributed by atoms with Crippen LogP contribution in [0, 0.1) is 0 Å². The molecule has 2 aromatic rings. The van der Waals surface area contributed by atoms with Gasteiger partial charge < -0.3 is 19.0 Å². The molecule has 1 aliphatic heterocycles. The predicted molar refractivity (Wildman–Crippen MR) is 78.2 cm³/mol. The summed E-state index contributed by atoms with van der Waals surface area (Å²) in [4.78, 5) is 17.2. The van der Waals surface area contributed by atoms with Gasteiger partial charge in [-0.1, -0.05) is 11.6 Å². The van der Waals surface area contributed by atoms with Gasteiger partial charge in [-0.05, 0) is 31.0 Å². The van der Waals surface area contributed by atoms with Gasteiger partial charge in [0, 0.05) is 19.3 Å². The molecule has 112 valence electrons. The molecule has 1 amide bonds. The van der Waals surface area contributed by atoms with Gasteiger partial charge in [0.1, 0.15) is 11.5 Å². The summed E-state index contributed by atoms with van der Waals surface area (Å²) in [5.41, 5.74) is 0.476. The van der Waals surface area contributed by atoms with Gasteiger partial charge in [0.25, 0.3) is 5.91 Å². The minimum atomic E-state index is -0.103. The highest BCUT2D eigenvalue weighted by atomic mass is 35.5. The Bertz CT molecular complexity index is 588. The molecular formula is C15H17ClN2O3. The maximum Gasteiger partial charge on any atom is 0.270 e. The number of hydrogen-bond acceptors (Lipinski definition) is 3. The summed E-state index contributed by atoms with van der Waals surface area (Å²) in [6, 6.07) is 5.31. The molecule has 1 atom stereocenters. The monoisotopic (exact) mass is 308 g/mol. The highest BCUT2D eigenvalue weighted by Crippen LogP contribution is 2.18. The van der Waals surface area contributed by atoms with Crippen LogP contribution in [0.25, 0.3) is 0 Å². The van der Waals surface area contributed by atoms with Gasteiger partial charge in [0.15, 0.2) is 0 Å². The van der Waals surface area contributed by atoms with E-state index in [9.17, 15) is 4.79 Å². The Labute approximate surface area is 127 Å². The molecule has 6 heteroatoms. The fraction of sp³-hybridized carbons (Fsp3) is 0.400. The number of aromatic nitrogens is 1. The number of rotatable bonds is 5. The van der Waals surface area contributed by atoms with Gasteiger partial charge in [-0.3, -0.25) is 4.79 Å². The van der Waals surface area contributed by atoms with Crippen molar-refractivity contribution in [2.45, 2.75) is 25.5 Å². The number of furan rings is 1. The molecule has 21 heavy (non-hydrogen) atoms. The number of hydrogen-bond donors (Lipinski definition) is 1. The smallest absolute Gasteiger partial charge is 0.270 e.